The van der Waals surface area contributed by atoms with Crippen LogP contribution in [0.4, 0.5) is 13.2 Å². The van der Waals surface area contributed by atoms with Crippen LogP contribution in [0.3, 0.4) is 0 Å². The van der Waals surface area contributed by atoms with Crippen molar-refractivity contribution in [1.29, 1.82) is 0 Å². The van der Waals surface area contributed by atoms with Crippen molar-refractivity contribution in [2.45, 2.75) is 6.04 Å². The van der Waals surface area contributed by atoms with E-state index in [4.69, 9.17) is 5.73 Å². The zero-order valence-electron chi connectivity index (χ0n) is 10.9. The Kier molecular flexibility index (Phi) is 4.59. The van der Waals surface area contributed by atoms with Gasteiger partial charge in [-0.15, -0.1) is 0 Å². The third-order valence-electron chi connectivity index (χ3n) is 3.02. The van der Waals surface area contributed by atoms with Crippen LogP contribution in [0.25, 0.3) is 0 Å². The zero-order chi connectivity index (χ0) is 15.4. The molecule has 0 saturated heterocycles. The summed E-state index contributed by atoms with van der Waals surface area (Å²) in [5, 5.41) is 2.49. The van der Waals surface area contributed by atoms with E-state index in [0.29, 0.717) is 6.07 Å². The quantitative estimate of drug-likeness (QED) is 0.851. The SMILES string of the molecule is NCC(NC(=O)c1ccc(F)c(F)c1F)c1ccccc1. The molecule has 110 valence electrons. The maximum Gasteiger partial charge on any atom is 0.254 e. The predicted molar refractivity (Wildman–Crippen MR) is 72.0 cm³/mol. The molecule has 1 unspecified atom stereocenters. The molecule has 1 amide bonds. The first-order valence-corrected chi connectivity index (χ1v) is 6.24. The molecule has 0 bridgehead atoms. The Morgan fingerprint density at radius 1 is 1.05 bits per heavy atom. The lowest BCUT2D eigenvalue weighted by Crippen LogP contribution is -2.34. The Morgan fingerprint density at radius 3 is 2.33 bits per heavy atom. The minimum atomic E-state index is -1.67. The van der Waals surface area contributed by atoms with Crippen LogP contribution in [-0.4, -0.2) is 12.5 Å². The van der Waals surface area contributed by atoms with Gasteiger partial charge in [-0.2, -0.15) is 0 Å². The molecule has 0 aliphatic carbocycles. The fraction of sp³-hybridized carbons (Fsp3) is 0.133. The van der Waals surface area contributed by atoms with E-state index in [1.165, 1.54) is 0 Å². The third-order valence-corrected chi connectivity index (χ3v) is 3.02. The Balaban J connectivity index is 2.23. The number of halogens is 3. The molecule has 2 aromatic rings. The van der Waals surface area contributed by atoms with Gasteiger partial charge >= 0.3 is 0 Å². The Morgan fingerprint density at radius 2 is 1.71 bits per heavy atom. The minimum absolute atomic E-state index is 0.0844. The van der Waals surface area contributed by atoms with Crippen LogP contribution in [-0.2, 0) is 0 Å². The summed E-state index contributed by atoms with van der Waals surface area (Å²) in [6.45, 7) is 0.0844. The summed E-state index contributed by atoms with van der Waals surface area (Å²) >= 11 is 0. The number of benzene rings is 2. The van der Waals surface area contributed by atoms with E-state index in [2.05, 4.69) is 5.32 Å². The highest BCUT2D eigenvalue weighted by molar-refractivity contribution is 5.94. The summed E-state index contributed by atoms with van der Waals surface area (Å²) in [6.07, 6.45) is 0. The van der Waals surface area contributed by atoms with Gasteiger partial charge in [-0.1, -0.05) is 30.3 Å². The molecule has 2 aromatic carbocycles. The maximum atomic E-state index is 13.6. The van der Waals surface area contributed by atoms with Crippen LogP contribution in [0.5, 0.6) is 0 Å². The highest BCUT2D eigenvalue weighted by Crippen LogP contribution is 2.17. The summed E-state index contributed by atoms with van der Waals surface area (Å²) in [5.74, 6) is -5.39. The number of rotatable bonds is 4. The largest absolute Gasteiger partial charge is 0.344 e. The summed E-state index contributed by atoms with van der Waals surface area (Å²) in [5.41, 5.74) is 5.75. The second-order valence-corrected chi connectivity index (χ2v) is 4.40. The zero-order valence-corrected chi connectivity index (χ0v) is 10.9. The van der Waals surface area contributed by atoms with E-state index in [1.54, 1.807) is 30.3 Å². The van der Waals surface area contributed by atoms with Gasteiger partial charge in [0, 0.05) is 6.54 Å². The summed E-state index contributed by atoms with van der Waals surface area (Å²) in [4.78, 5) is 12.0. The van der Waals surface area contributed by atoms with E-state index < -0.39 is 35.0 Å². The monoisotopic (exact) mass is 294 g/mol. The Hall–Kier alpha value is -2.34. The van der Waals surface area contributed by atoms with Gasteiger partial charge in [0.25, 0.3) is 5.91 Å². The lowest BCUT2D eigenvalue weighted by Gasteiger charge is -2.17. The van der Waals surface area contributed by atoms with Crippen LogP contribution in [0.1, 0.15) is 22.0 Å². The molecule has 0 aromatic heterocycles. The number of amides is 1. The minimum Gasteiger partial charge on any atom is -0.344 e. The first-order valence-electron chi connectivity index (χ1n) is 6.24. The molecular weight excluding hydrogens is 281 g/mol. The molecule has 3 N–H and O–H groups in total. The molecule has 2 rings (SSSR count). The van der Waals surface area contributed by atoms with Crippen LogP contribution in [0, 0.1) is 17.5 Å². The number of carbonyl (C=O) groups excluding carboxylic acids is 1. The summed E-state index contributed by atoms with van der Waals surface area (Å²) in [6, 6.07) is 9.87. The van der Waals surface area contributed by atoms with Crippen molar-refractivity contribution in [3.8, 4) is 0 Å². The van der Waals surface area contributed by atoms with Gasteiger partial charge in [-0.05, 0) is 17.7 Å². The van der Waals surface area contributed by atoms with Crippen molar-refractivity contribution >= 4 is 5.91 Å². The van der Waals surface area contributed by atoms with Gasteiger partial charge in [0.2, 0.25) is 0 Å². The molecule has 0 heterocycles. The van der Waals surface area contributed by atoms with E-state index in [0.717, 1.165) is 11.6 Å². The number of hydrogen-bond acceptors (Lipinski definition) is 2. The molecule has 0 saturated carbocycles. The van der Waals surface area contributed by atoms with E-state index in [-0.39, 0.29) is 6.54 Å². The van der Waals surface area contributed by atoms with E-state index in [1.807, 2.05) is 0 Å². The molecule has 3 nitrogen and oxygen atoms in total. The average molecular weight is 294 g/mol. The number of carbonyl (C=O) groups is 1. The molecule has 0 aliphatic heterocycles. The molecule has 0 fully saturated rings. The number of hydrogen-bond donors (Lipinski definition) is 2. The first-order chi connectivity index (χ1) is 10.0. The lowest BCUT2D eigenvalue weighted by molar-refractivity contribution is 0.0932. The van der Waals surface area contributed by atoms with Crippen LogP contribution in [0.15, 0.2) is 42.5 Å². The Labute approximate surface area is 119 Å². The third kappa shape index (κ3) is 3.22. The van der Waals surface area contributed by atoms with E-state index in [9.17, 15) is 18.0 Å². The lowest BCUT2D eigenvalue weighted by atomic mass is 10.1. The fourth-order valence-corrected chi connectivity index (χ4v) is 1.90. The van der Waals surface area contributed by atoms with Crippen LogP contribution < -0.4 is 11.1 Å². The van der Waals surface area contributed by atoms with Crippen molar-refractivity contribution in [2.24, 2.45) is 5.73 Å². The van der Waals surface area contributed by atoms with Gasteiger partial charge in [-0.3, -0.25) is 4.79 Å². The van der Waals surface area contributed by atoms with Crippen LogP contribution >= 0.6 is 0 Å². The molecule has 1 atom stereocenters. The summed E-state index contributed by atoms with van der Waals surface area (Å²) in [7, 11) is 0. The average Bonchev–Trinajstić information content (AvgIpc) is 2.51. The molecule has 6 heteroatoms. The summed E-state index contributed by atoms with van der Waals surface area (Å²) < 4.78 is 39.6. The molecule has 0 spiro atoms. The van der Waals surface area contributed by atoms with Gasteiger partial charge < -0.3 is 11.1 Å². The second kappa shape index (κ2) is 6.41. The van der Waals surface area contributed by atoms with E-state index >= 15 is 0 Å². The van der Waals surface area contributed by atoms with Crippen molar-refractivity contribution in [1.82, 2.24) is 5.32 Å². The smallest absolute Gasteiger partial charge is 0.254 e. The van der Waals surface area contributed by atoms with Crippen molar-refractivity contribution in [3.05, 3.63) is 71.0 Å². The van der Waals surface area contributed by atoms with Gasteiger partial charge in [0.05, 0.1) is 11.6 Å². The maximum absolute atomic E-state index is 13.6. The van der Waals surface area contributed by atoms with Gasteiger partial charge in [0.1, 0.15) is 0 Å². The standard InChI is InChI=1S/C15H13F3N2O/c16-11-7-6-10(13(17)14(11)18)15(21)20-12(8-19)9-4-2-1-3-5-9/h1-7,12H,8,19H2,(H,20,21). The highest BCUT2D eigenvalue weighted by Gasteiger charge is 2.21. The highest BCUT2D eigenvalue weighted by atomic mass is 19.2. The van der Waals surface area contributed by atoms with Crippen molar-refractivity contribution in [3.63, 3.8) is 0 Å². The molecule has 0 radical (unpaired) electrons. The number of nitrogens with two attached hydrogens (primary N) is 1. The predicted octanol–water partition coefficient (Wildman–Crippen LogP) is 2.53. The Bertz CT molecular complexity index is 647. The van der Waals surface area contributed by atoms with Crippen molar-refractivity contribution in [2.75, 3.05) is 6.54 Å². The molecule has 0 aliphatic rings. The van der Waals surface area contributed by atoms with Crippen LogP contribution in [0.2, 0.25) is 0 Å². The van der Waals surface area contributed by atoms with Gasteiger partial charge in [-0.25, -0.2) is 13.2 Å². The molecule has 21 heavy (non-hydrogen) atoms. The number of nitrogens with one attached hydrogen (secondary N) is 1. The fourth-order valence-electron chi connectivity index (χ4n) is 1.90. The van der Waals surface area contributed by atoms with Crippen molar-refractivity contribution < 1.29 is 18.0 Å². The van der Waals surface area contributed by atoms with Gasteiger partial charge in [0.15, 0.2) is 17.5 Å². The molecular formula is C15H13F3N2O. The second-order valence-electron chi connectivity index (χ2n) is 4.40. The topological polar surface area (TPSA) is 55.1 Å². The normalized spacial score (nSPS) is 12.0. The first kappa shape index (κ1) is 15.1.